The van der Waals surface area contributed by atoms with Crippen LogP contribution in [0.15, 0.2) is 0 Å². The van der Waals surface area contributed by atoms with Crippen molar-refractivity contribution in [1.29, 1.82) is 0 Å². The van der Waals surface area contributed by atoms with Crippen molar-refractivity contribution in [2.24, 2.45) is 0 Å². The van der Waals surface area contributed by atoms with Gasteiger partial charge in [-0.1, -0.05) is 13.3 Å². The van der Waals surface area contributed by atoms with Gasteiger partial charge < -0.3 is 19.9 Å². The first-order valence-corrected chi connectivity index (χ1v) is 8.27. The minimum absolute atomic E-state index is 0.124. The Labute approximate surface area is 137 Å². The highest BCUT2D eigenvalue weighted by Crippen LogP contribution is 2.22. The summed E-state index contributed by atoms with van der Waals surface area (Å²) in [4.78, 5) is 30.0. The molecule has 2 N–H and O–H groups in total. The minimum Gasteiger partial charge on any atom is -0.465 e. The first-order valence-electron chi connectivity index (χ1n) is 8.27. The number of rotatable bonds is 5. The summed E-state index contributed by atoms with van der Waals surface area (Å²) in [6, 6.07) is 0.193. The number of hydrogen-bond donors (Lipinski definition) is 2. The maximum absolute atomic E-state index is 12.7. The molecule has 0 bridgehead atoms. The van der Waals surface area contributed by atoms with Crippen molar-refractivity contribution in [1.82, 2.24) is 15.2 Å². The second kappa shape index (κ2) is 7.64. The van der Waals surface area contributed by atoms with Crippen molar-refractivity contribution in [3.05, 3.63) is 22.5 Å². The van der Waals surface area contributed by atoms with Gasteiger partial charge in [0.25, 0.3) is 5.91 Å². The number of nitrogens with one attached hydrogen (secondary N) is 2. The van der Waals surface area contributed by atoms with Crippen molar-refractivity contribution in [3.63, 3.8) is 0 Å². The van der Waals surface area contributed by atoms with Gasteiger partial charge in [0.2, 0.25) is 0 Å². The average Bonchev–Trinajstić information content (AvgIpc) is 2.86. The first-order chi connectivity index (χ1) is 11.0. The number of ether oxygens (including phenoxy) is 1. The summed E-state index contributed by atoms with van der Waals surface area (Å²) in [5, 5.41) is 3.10. The number of carbonyl (C=O) groups excluding carboxylic acids is 2. The van der Waals surface area contributed by atoms with Gasteiger partial charge in [0.05, 0.1) is 12.7 Å². The van der Waals surface area contributed by atoms with E-state index in [1.165, 1.54) is 7.11 Å². The van der Waals surface area contributed by atoms with Crippen LogP contribution in [-0.4, -0.2) is 55.0 Å². The number of esters is 1. The lowest BCUT2D eigenvalue weighted by Crippen LogP contribution is -2.43. The highest BCUT2D eigenvalue weighted by atomic mass is 16.5. The summed E-state index contributed by atoms with van der Waals surface area (Å²) in [7, 11) is 3.46. The zero-order chi connectivity index (χ0) is 17.0. The largest absolute Gasteiger partial charge is 0.465 e. The molecule has 0 spiro atoms. The lowest BCUT2D eigenvalue weighted by molar-refractivity contribution is 0.0599. The summed E-state index contributed by atoms with van der Waals surface area (Å²) in [6.45, 7) is 5.81. The number of methoxy groups -OCH3 is 1. The molecule has 1 aliphatic heterocycles. The highest BCUT2D eigenvalue weighted by Gasteiger charge is 2.26. The Hall–Kier alpha value is -1.82. The number of amides is 1. The number of aromatic amines is 1. The fourth-order valence-corrected chi connectivity index (χ4v) is 3.16. The van der Waals surface area contributed by atoms with Gasteiger partial charge >= 0.3 is 5.97 Å². The molecule has 128 valence electrons. The maximum atomic E-state index is 12.7. The van der Waals surface area contributed by atoms with E-state index in [9.17, 15) is 9.59 Å². The highest BCUT2D eigenvalue weighted by molar-refractivity contribution is 6.00. The molecule has 6 heteroatoms. The number of hydrogen-bond acceptors (Lipinski definition) is 4. The van der Waals surface area contributed by atoms with E-state index in [4.69, 9.17) is 4.74 Å². The predicted octanol–water partition coefficient (Wildman–Crippen LogP) is 1.89. The third kappa shape index (κ3) is 3.93. The van der Waals surface area contributed by atoms with Crippen LogP contribution in [-0.2, 0) is 11.2 Å². The molecule has 1 amide bonds. The predicted molar refractivity (Wildman–Crippen MR) is 88.8 cm³/mol. The van der Waals surface area contributed by atoms with Crippen LogP contribution >= 0.6 is 0 Å². The Morgan fingerprint density at radius 2 is 2.00 bits per heavy atom. The van der Waals surface area contributed by atoms with Crippen molar-refractivity contribution >= 4 is 11.9 Å². The van der Waals surface area contributed by atoms with E-state index in [0.29, 0.717) is 23.4 Å². The Kier molecular flexibility index (Phi) is 5.82. The lowest BCUT2D eigenvalue weighted by Gasteiger charge is -2.29. The molecular formula is C17H27N3O3. The summed E-state index contributed by atoms with van der Waals surface area (Å²) in [5.41, 5.74) is 2.46. The molecule has 1 fully saturated rings. The Bertz CT molecular complexity index is 572. The molecule has 0 saturated carbocycles. The zero-order valence-electron chi connectivity index (χ0n) is 14.5. The van der Waals surface area contributed by atoms with Gasteiger partial charge in [-0.3, -0.25) is 4.79 Å². The maximum Gasteiger partial charge on any atom is 0.339 e. The van der Waals surface area contributed by atoms with Crippen LogP contribution in [0.25, 0.3) is 0 Å². The van der Waals surface area contributed by atoms with Gasteiger partial charge in [-0.15, -0.1) is 0 Å². The fraction of sp³-hybridized carbons (Fsp3) is 0.647. The van der Waals surface area contributed by atoms with Crippen molar-refractivity contribution in [2.45, 2.75) is 45.6 Å². The van der Waals surface area contributed by atoms with Gasteiger partial charge in [-0.25, -0.2) is 4.79 Å². The van der Waals surface area contributed by atoms with Crippen LogP contribution in [0.2, 0.25) is 0 Å². The van der Waals surface area contributed by atoms with Crippen molar-refractivity contribution in [2.75, 3.05) is 27.2 Å². The first kappa shape index (κ1) is 17.5. The Balaban J connectivity index is 2.20. The number of piperidine rings is 1. The van der Waals surface area contributed by atoms with E-state index in [1.54, 1.807) is 6.92 Å². The van der Waals surface area contributed by atoms with Crippen LogP contribution in [0.5, 0.6) is 0 Å². The molecule has 0 aliphatic carbocycles. The Morgan fingerprint density at radius 1 is 1.35 bits per heavy atom. The van der Waals surface area contributed by atoms with Gasteiger partial charge in [0.15, 0.2) is 0 Å². The van der Waals surface area contributed by atoms with E-state index in [2.05, 4.69) is 22.2 Å². The number of likely N-dealkylation sites (tertiary alicyclic amines) is 1. The molecule has 0 unspecified atom stereocenters. The summed E-state index contributed by atoms with van der Waals surface area (Å²) < 4.78 is 4.86. The standard InChI is InChI=1S/C17H27N3O3/c1-5-6-13-14(17(22)23-4)11(2)18-15(13)16(21)19-12-7-9-20(3)10-8-12/h12,18H,5-10H2,1-4H3,(H,19,21). The van der Waals surface area contributed by atoms with E-state index >= 15 is 0 Å². The summed E-state index contributed by atoms with van der Waals surface area (Å²) >= 11 is 0. The van der Waals surface area contributed by atoms with Crippen molar-refractivity contribution < 1.29 is 14.3 Å². The minimum atomic E-state index is -0.388. The second-order valence-corrected chi connectivity index (χ2v) is 6.27. The number of aryl methyl sites for hydroxylation is 1. The summed E-state index contributed by atoms with van der Waals surface area (Å²) in [6.07, 6.45) is 3.44. The van der Waals surface area contributed by atoms with Gasteiger partial charge in [0.1, 0.15) is 5.69 Å². The monoisotopic (exact) mass is 321 g/mol. The van der Waals surface area contributed by atoms with Crippen LogP contribution in [0.3, 0.4) is 0 Å². The number of aromatic nitrogens is 1. The molecule has 6 nitrogen and oxygen atoms in total. The third-order valence-electron chi connectivity index (χ3n) is 4.46. The quantitative estimate of drug-likeness (QED) is 0.812. The van der Waals surface area contributed by atoms with E-state index < -0.39 is 0 Å². The zero-order valence-corrected chi connectivity index (χ0v) is 14.5. The third-order valence-corrected chi connectivity index (χ3v) is 4.46. The van der Waals surface area contributed by atoms with Crippen LogP contribution in [0, 0.1) is 6.92 Å². The molecule has 2 rings (SSSR count). The molecular weight excluding hydrogens is 294 g/mol. The molecule has 1 aliphatic rings. The van der Waals surface area contributed by atoms with E-state index in [1.807, 2.05) is 6.92 Å². The SMILES string of the molecule is CCCc1c(C(=O)NC2CCN(C)CC2)[nH]c(C)c1C(=O)OC. The molecule has 23 heavy (non-hydrogen) atoms. The van der Waals surface area contributed by atoms with Crippen LogP contribution in [0.1, 0.15) is 58.3 Å². The second-order valence-electron chi connectivity index (χ2n) is 6.27. The topological polar surface area (TPSA) is 74.4 Å². The molecule has 1 aromatic heterocycles. The van der Waals surface area contributed by atoms with Crippen molar-refractivity contribution in [3.8, 4) is 0 Å². The number of carbonyl (C=O) groups is 2. The normalized spacial score (nSPS) is 16.3. The van der Waals surface area contributed by atoms with E-state index in [-0.39, 0.29) is 17.9 Å². The molecule has 0 aromatic carbocycles. The molecule has 1 saturated heterocycles. The van der Waals surface area contributed by atoms with Crippen LogP contribution in [0.4, 0.5) is 0 Å². The smallest absolute Gasteiger partial charge is 0.339 e. The fourth-order valence-electron chi connectivity index (χ4n) is 3.16. The van der Waals surface area contributed by atoms with Gasteiger partial charge in [0, 0.05) is 11.7 Å². The number of H-pyrrole nitrogens is 1. The molecule has 0 atom stereocenters. The molecule has 2 heterocycles. The average molecular weight is 321 g/mol. The van der Waals surface area contributed by atoms with Gasteiger partial charge in [-0.05, 0) is 51.9 Å². The lowest BCUT2D eigenvalue weighted by atomic mass is 10.0. The summed E-state index contributed by atoms with van der Waals surface area (Å²) in [5.74, 6) is -0.512. The Morgan fingerprint density at radius 3 is 2.57 bits per heavy atom. The van der Waals surface area contributed by atoms with Crippen LogP contribution < -0.4 is 5.32 Å². The number of nitrogens with zero attached hydrogens (tertiary/aromatic N) is 1. The van der Waals surface area contributed by atoms with Gasteiger partial charge in [-0.2, -0.15) is 0 Å². The molecule has 0 radical (unpaired) electrons. The molecule has 1 aromatic rings. The van der Waals surface area contributed by atoms with E-state index in [0.717, 1.165) is 37.9 Å².